The zero-order valence-corrected chi connectivity index (χ0v) is 8.44. The van der Waals surface area contributed by atoms with Crippen molar-refractivity contribution in [2.75, 3.05) is 24.0 Å². The Balaban J connectivity index is 2.79. The van der Waals surface area contributed by atoms with E-state index < -0.39 is 5.54 Å². The zero-order valence-electron chi connectivity index (χ0n) is 8.44. The summed E-state index contributed by atoms with van der Waals surface area (Å²) in [5.74, 6) is 6.00. The highest BCUT2D eigenvalue weighted by Gasteiger charge is 2.22. The topological polar surface area (TPSA) is 116 Å². The highest BCUT2D eigenvalue weighted by molar-refractivity contribution is 5.42. The minimum absolute atomic E-state index is 0.217. The van der Waals surface area contributed by atoms with Gasteiger partial charge < -0.3 is 21.0 Å². The average Bonchev–Trinajstić information content (AvgIpc) is 2.29. The van der Waals surface area contributed by atoms with Gasteiger partial charge in [-0.1, -0.05) is 0 Å². The molecule has 0 aliphatic rings. The molecule has 1 heterocycles. The highest BCUT2D eigenvalue weighted by Crippen LogP contribution is 2.12. The largest absolute Gasteiger partial charge is 0.394 e. The third-order valence-corrected chi connectivity index (χ3v) is 1.91. The zero-order chi connectivity index (χ0) is 11.3. The maximum atomic E-state index is 9.06. The lowest BCUT2D eigenvalue weighted by molar-refractivity contribution is 0.147. The van der Waals surface area contributed by atoms with Crippen LogP contribution in [0.15, 0.2) is 12.4 Å². The van der Waals surface area contributed by atoms with Crippen LogP contribution in [-0.2, 0) is 0 Å². The fourth-order valence-electron chi connectivity index (χ4n) is 0.934. The first-order chi connectivity index (χ1) is 7.13. The standard InChI is InChI=1S/C8H15N5O2/c1-8(4-14,5-15)12-6-2-10-3-7(11-6)13-9/h2-3,14-15H,4-5,9H2,1H3,(H2,11,12,13). The molecule has 0 aliphatic carbocycles. The maximum Gasteiger partial charge on any atom is 0.160 e. The quantitative estimate of drug-likeness (QED) is 0.312. The fourth-order valence-corrected chi connectivity index (χ4v) is 0.934. The van der Waals surface area contributed by atoms with Gasteiger partial charge in [-0.25, -0.2) is 10.8 Å². The molecule has 0 amide bonds. The van der Waals surface area contributed by atoms with Crippen molar-refractivity contribution >= 4 is 11.6 Å². The molecule has 0 bridgehead atoms. The van der Waals surface area contributed by atoms with Gasteiger partial charge in [-0.15, -0.1) is 0 Å². The van der Waals surface area contributed by atoms with E-state index in [-0.39, 0.29) is 13.2 Å². The number of nitrogens with one attached hydrogen (secondary N) is 2. The van der Waals surface area contributed by atoms with Crippen molar-refractivity contribution in [3.05, 3.63) is 12.4 Å². The van der Waals surface area contributed by atoms with Crippen LogP contribution >= 0.6 is 0 Å². The lowest BCUT2D eigenvalue weighted by Gasteiger charge is -2.26. The van der Waals surface area contributed by atoms with Crippen molar-refractivity contribution in [2.24, 2.45) is 5.84 Å². The van der Waals surface area contributed by atoms with E-state index in [0.29, 0.717) is 11.6 Å². The second kappa shape index (κ2) is 4.87. The van der Waals surface area contributed by atoms with Crippen molar-refractivity contribution in [1.82, 2.24) is 9.97 Å². The third kappa shape index (κ3) is 3.01. The second-order valence-electron chi connectivity index (χ2n) is 3.44. The van der Waals surface area contributed by atoms with Crippen molar-refractivity contribution in [2.45, 2.75) is 12.5 Å². The molecule has 1 rings (SSSR count). The van der Waals surface area contributed by atoms with Crippen LogP contribution in [0.3, 0.4) is 0 Å². The molecule has 0 fully saturated rings. The summed E-state index contributed by atoms with van der Waals surface area (Å²) in [5, 5.41) is 21.0. The SMILES string of the molecule is CC(CO)(CO)Nc1cncc(NN)n1. The Kier molecular flexibility index (Phi) is 3.78. The lowest BCUT2D eigenvalue weighted by Crippen LogP contribution is -2.42. The molecule has 1 aromatic heterocycles. The molecule has 84 valence electrons. The molecule has 0 radical (unpaired) electrons. The van der Waals surface area contributed by atoms with Crippen LogP contribution in [0.1, 0.15) is 6.92 Å². The molecule has 0 atom stereocenters. The molecular weight excluding hydrogens is 198 g/mol. The fraction of sp³-hybridized carbons (Fsp3) is 0.500. The first-order valence-corrected chi connectivity index (χ1v) is 4.42. The molecule has 0 spiro atoms. The van der Waals surface area contributed by atoms with Crippen LogP contribution in [0.25, 0.3) is 0 Å². The summed E-state index contributed by atoms with van der Waals surface area (Å²) >= 11 is 0. The van der Waals surface area contributed by atoms with Gasteiger partial charge in [0, 0.05) is 0 Å². The normalized spacial score (nSPS) is 11.2. The molecule has 0 saturated heterocycles. The number of hydrogen-bond donors (Lipinski definition) is 5. The first kappa shape index (κ1) is 11.6. The van der Waals surface area contributed by atoms with E-state index in [1.165, 1.54) is 12.4 Å². The second-order valence-corrected chi connectivity index (χ2v) is 3.44. The van der Waals surface area contributed by atoms with Crippen LogP contribution in [0, 0.1) is 0 Å². The smallest absolute Gasteiger partial charge is 0.160 e. The predicted octanol–water partition coefficient (Wildman–Crippen LogP) is -1.08. The number of hydrogen-bond acceptors (Lipinski definition) is 7. The Labute approximate surface area is 87.3 Å². The Bertz CT molecular complexity index is 316. The molecule has 0 unspecified atom stereocenters. The van der Waals surface area contributed by atoms with Gasteiger partial charge in [-0.3, -0.25) is 4.98 Å². The summed E-state index contributed by atoms with van der Waals surface area (Å²) in [5.41, 5.74) is 1.52. The molecular formula is C8H15N5O2. The van der Waals surface area contributed by atoms with E-state index in [9.17, 15) is 0 Å². The van der Waals surface area contributed by atoms with Crippen LogP contribution in [-0.4, -0.2) is 38.9 Å². The van der Waals surface area contributed by atoms with Crippen molar-refractivity contribution in [3.8, 4) is 0 Å². The molecule has 7 nitrogen and oxygen atoms in total. The van der Waals surface area contributed by atoms with Crippen molar-refractivity contribution in [3.63, 3.8) is 0 Å². The minimum Gasteiger partial charge on any atom is -0.394 e. The van der Waals surface area contributed by atoms with E-state index in [1.807, 2.05) is 0 Å². The monoisotopic (exact) mass is 213 g/mol. The van der Waals surface area contributed by atoms with Crippen molar-refractivity contribution in [1.29, 1.82) is 0 Å². The van der Waals surface area contributed by atoms with E-state index in [4.69, 9.17) is 16.1 Å². The highest BCUT2D eigenvalue weighted by atomic mass is 16.3. The number of nitrogens with two attached hydrogens (primary N) is 1. The number of hydrazine groups is 1. The molecule has 0 aliphatic heterocycles. The Hall–Kier alpha value is -1.44. The van der Waals surface area contributed by atoms with Crippen LogP contribution in [0.5, 0.6) is 0 Å². The van der Waals surface area contributed by atoms with Gasteiger partial charge in [0.05, 0.1) is 31.1 Å². The van der Waals surface area contributed by atoms with Gasteiger partial charge in [0.1, 0.15) is 5.82 Å². The Morgan fingerprint density at radius 1 is 1.33 bits per heavy atom. The van der Waals surface area contributed by atoms with Crippen LogP contribution in [0.4, 0.5) is 11.6 Å². The lowest BCUT2D eigenvalue weighted by atomic mass is 10.1. The number of anilines is 2. The average molecular weight is 213 g/mol. The van der Waals surface area contributed by atoms with E-state index in [2.05, 4.69) is 20.7 Å². The van der Waals surface area contributed by atoms with E-state index >= 15 is 0 Å². The van der Waals surface area contributed by atoms with Gasteiger partial charge >= 0.3 is 0 Å². The Morgan fingerprint density at radius 3 is 2.47 bits per heavy atom. The molecule has 0 aromatic carbocycles. The summed E-state index contributed by atoms with van der Waals surface area (Å²) < 4.78 is 0. The number of aromatic nitrogens is 2. The predicted molar refractivity (Wildman–Crippen MR) is 56.0 cm³/mol. The number of nitrogen functional groups attached to an aromatic ring is 1. The number of aliphatic hydroxyl groups is 2. The minimum atomic E-state index is -0.831. The summed E-state index contributed by atoms with van der Waals surface area (Å²) in [6, 6.07) is 0. The summed E-state index contributed by atoms with van der Waals surface area (Å²) in [4.78, 5) is 7.92. The van der Waals surface area contributed by atoms with Crippen LogP contribution < -0.4 is 16.6 Å². The molecule has 7 heteroatoms. The van der Waals surface area contributed by atoms with Gasteiger partial charge in [0.25, 0.3) is 0 Å². The van der Waals surface area contributed by atoms with Crippen molar-refractivity contribution < 1.29 is 10.2 Å². The molecule has 1 aromatic rings. The molecule has 0 saturated carbocycles. The first-order valence-electron chi connectivity index (χ1n) is 4.42. The number of rotatable bonds is 5. The molecule has 6 N–H and O–H groups in total. The summed E-state index contributed by atoms with van der Waals surface area (Å²) in [6.07, 6.45) is 2.94. The van der Waals surface area contributed by atoms with Gasteiger partial charge in [0.15, 0.2) is 5.82 Å². The van der Waals surface area contributed by atoms with E-state index in [1.54, 1.807) is 6.92 Å². The summed E-state index contributed by atoms with van der Waals surface area (Å²) in [6.45, 7) is 1.23. The molecule has 15 heavy (non-hydrogen) atoms. The maximum absolute atomic E-state index is 9.06. The van der Waals surface area contributed by atoms with Gasteiger partial charge in [-0.2, -0.15) is 0 Å². The van der Waals surface area contributed by atoms with Gasteiger partial charge in [0.2, 0.25) is 0 Å². The number of nitrogens with zero attached hydrogens (tertiary/aromatic N) is 2. The summed E-state index contributed by atoms with van der Waals surface area (Å²) in [7, 11) is 0. The van der Waals surface area contributed by atoms with Gasteiger partial charge in [-0.05, 0) is 6.92 Å². The Morgan fingerprint density at radius 2 is 1.93 bits per heavy atom. The van der Waals surface area contributed by atoms with Crippen LogP contribution in [0.2, 0.25) is 0 Å². The number of aliphatic hydroxyl groups excluding tert-OH is 2. The third-order valence-electron chi connectivity index (χ3n) is 1.91. The van der Waals surface area contributed by atoms with E-state index in [0.717, 1.165) is 0 Å².